The van der Waals surface area contributed by atoms with Crippen molar-refractivity contribution in [3.8, 4) is 0 Å². The Labute approximate surface area is 57.1 Å². The first-order valence-electron chi connectivity index (χ1n) is 2.46. The number of hydrogen-bond donors (Lipinski definition) is 0. The van der Waals surface area contributed by atoms with Gasteiger partial charge in [-0.15, -0.1) is 0 Å². The van der Waals surface area contributed by atoms with Gasteiger partial charge in [-0.25, -0.2) is 4.79 Å². The van der Waals surface area contributed by atoms with Crippen LogP contribution in [0.4, 0.5) is 0 Å². The van der Waals surface area contributed by atoms with Crippen molar-refractivity contribution in [2.24, 2.45) is 0 Å². The first-order valence-corrected chi connectivity index (χ1v) is 2.84. The van der Waals surface area contributed by atoms with Crippen molar-refractivity contribution in [2.75, 3.05) is 0 Å². The molecule has 2 nitrogen and oxygen atoms in total. The molecule has 0 saturated carbocycles. The van der Waals surface area contributed by atoms with Crippen molar-refractivity contribution < 1.29 is 4.42 Å². The fourth-order valence-corrected chi connectivity index (χ4v) is 0.594. The lowest BCUT2D eigenvalue weighted by Crippen LogP contribution is -1.95. The van der Waals surface area contributed by atoms with Gasteiger partial charge in [-0.1, -0.05) is 11.6 Å². The minimum atomic E-state index is -0.364. The molecule has 0 spiro atoms. The van der Waals surface area contributed by atoms with E-state index in [2.05, 4.69) is 4.42 Å². The molecule has 0 unspecified atom stereocenters. The van der Waals surface area contributed by atoms with Crippen molar-refractivity contribution >= 4 is 11.6 Å². The van der Waals surface area contributed by atoms with Crippen molar-refractivity contribution in [1.29, 1.82) is 0 Å². The molecule has 0 atom stereocenters. The van der Waals surface area contributed by atoms with Gasteiger partial charge < -0.3 is 4.42 Å². The van der Waals surface area contributed by atoms with Crippen molar-refractivity contribution in [3.05, 3.63) is 33.3 Å². The van der Waals surface area contributed by atoms with Gasteiger partial charge in [0, 0.05) is 6.07 Å². The second kappa shape index (κ2) is 2.23. The van der Waals surface area contributed by atoms with Crippen LogP contribution in [0.1, 0.15) is 5.76 Å². The van der Waals surface area contributed by atoms with E-state index >= 15 is 0 Å². The van der Waals surface area contributed by atoms with Gasteiger partial charge in [0.2, 0.25) is 0 Å². The molecule has 0 aliphatic rings. The van der Waals surface area contributed by atoms with Gasteiger partial charge >= 0.3 is 5.63 Å². The molecular weight excluding hydrogens is 140 g/mol. The highest BCUT2D eigenvalue weighted by molar-refractivity contribution is 6.31. The van der Waals surface area contributed by atoms with E-state index < -0.39 is 0 Å². The second-order valence-corrected chi connectivity index (χ2v) is 2.07. The molecule has 3 heteroatoms. The zero-order valence-electron chi connectivity index (χ0n) is 4.85. The molecule has 0 bridgehead atoms. The van der Waals surface area contributed by atoms with E-state index in [1.54, 1.807) is 6.92 Å². The Hall–Kier alpha value is -0.760. The fraction of sp³-hybridized carbons (Fsp3) is 0.167. The molecule has 1 rings (SSSR count). The van der Waals surface area contributed by atoms with Crippen LogP contribution >= 0.6 is 11.6 Å². The summed E-state index contributed by atoms with van der Waals surface area (Å²) in [5.74, 6) is 0.462. The minimum absolute atomic E-state index is 0.364. The largest absolute Gasteiger partial charge is 0.427 e. The van der Waals surface area contributed by atoms with Crippen LogP contribution < -0.4 is 5.63 Å². The van der Waals surface area contributed by atoms with Crippen LogP contribution in [0, 0.1) is 6.92 Å². The molecule has 0 saturated heterocycles. The Balaban J connectivity index is 3.34. The zero-order chi connectivity index (χ0) is 6.85. The summed E-state index contributed by atoms with van der Waals surface area (Å²) >= 11 is 5.55. The van der Waals surface area contributed by atoms with Crippen LogP contribution in [0.2, 0.25) is 5.02 Å². The van der Waals surface area contributed by atoms with Gasteiger partial charge in [-0.3, -0.25) is 0 Å². The van der Waals surface area contributed by atoms with E-state index in [0.29, 0.717) is 10.8 Å². The SMILES string of the molecule is Cc1oc(=O)ccc1Cl. The Morgan fingerprint density at radius 1 is 1.56 bits per heavy atom. The number of rotatable bonds is 0. The Morgan fingerprint density at radius 3 is 2.67 bits per heavy atom. The molecule has 1 aromatic heterocycles. The normalized spacial score (nSPS) is 9.56. The topological polar surface area (TPSA) is 30.2 Å². The van der Waals surface area contributed by atoms with E-state index in [-0.39, 0.29) is 5.63 Å². The van der Waals surface area contributed by atoms with Crippen molar-refractivity contribution in [1.82, 2.24) is 0 Å². The van der Waals surface area contributed by atoms with Crippen LogP contribution in [0.5, 0.6) is 0 Å². The predicted molar refractivity (Wildman–Crippen MR) is 34.7 cm³/mol. The third-order valence-corrected chi connectivity index (χ3v) is 1.35. The lowest BCUT2D eigenvalue weighted by molar-refractivity contribution is 0.480. The van der Waals surface area contributed by atoms with Crippen LogP contribution in [-0.2, 0) is 0 Å². The number of halogens is 1. The summed E-state index contributed by atoms with van der Waals surface area (Å²) in [6.45, 7) is 1.64. The van der Waals surface area contributed by atoms with Gasteiger partial charge in [-0.2, -0.15) is 0 Å². The van der Waals surface area contributed by atoms with Gasteiger partial charge in [-0.05, 0) is 13.0 Å². The summed E-state index contributed by atoms with van der Waals surface area (Å²) in [5, 5.41) is 0.481. The first kappa shape index (κ1) is 6.36. The molecule has 9 heavy (non-hydrogen) atoms. The van der Waals surface area contributed by atoms with Gasteiger partial charge in [0.15, 0.2) is 0 Å². The van der Waals surface area contributed by atoms with Crippen LogP contribution in [0.15, 0.2) is 21.3 Å². The summed E-state index contributed by atoms with van der Waals surface area (Å²) in [4.78, 5) is 10.4. The molecule has 48 valence electrons. The smallest absolute Gasteiger partial charge is 0.335 e. The van der Waals surface area contributed by atoms with E-state index in [0.717, 1.165) is 0 Å². The summed E-state index contributed by atoms with van der Waals surface area (Å²) < 4.78 is 4.62. The molecule has 1 aromatic rings. The maximum atomic E-state index is 10.4. The van der Waals surface area contributed by atoms with Gasteiger partial charge in [0.1, 0.15) is 5.76 Å². The first-order chi connectivity index (χ1) is 4.20. The molecule has 0 amide bonds. The van der Waals surface area contributed by atoms with Crippen molar-refractivity contribution in [3.63, 3.8) is 0 Å². The Morgan fingerprint density at radius 2 is 2.22 bits per heavy atom. The average Bonchev–Trinajstić information content (AvgIpc) is 1.80. The predicted octanol–water partition coefficient (Wildman–Crippen LogP) is 1.60. The summed E-state index contributed by atoms with van der Waals surface area (Å²) in [6, 6.07) is 2.80. The Bertz CT molecular complexity index is 264. The summed E-state index contributed by atoms with van der Waals surface area (Å²) in [6.07, 6.45) is 0. The standard InChI is InChI=1S/C6H5ClO2/c1-4-5(7)2-3-6(8)9-4/h2-3H,1H3. The van der Waals surface area contributed by atoms with Crippen LogP contribution in [0.25, 0.3) is 0 Å². The highest BCUT2D eigenvalue weighted by atomic mass is 35.5. The van der Waals surface area contributed by atoms with E-state index in [4.69, 9.17) is 11.6 Å². The molecule has 0 aliphatic carbocycles. The molecule has 0 N–H and O–H groups in total. The van der Waals surface area contributed by atoms with E-state index in [9.17, 15) is 4.79 Å². The van der Waals surface area contributed by atoms with Gasteiger partial charge in [0.25, 0.3) is 0 Å². The van der Waals surface area contributed by atoms with Gasteiger partial charge in [0.05, 0.1) is 5.02 Å². The highest BCUT2D eigenvalue weighted by Gasteiger charge is 1.94. The Kier molecular flexibility index (Phi) is 1.58. The average molecular weight is 145 g/mol. The monoisotopic (exact) mass is 144 g/mol. The second-order valence-electron chi connectivity index (χ2n) is 1.66. The quantitative estimate of drug-likeness (QED) is 0.554. The van der Waals surface area contributed by atoms with E-state index in [1.807, 2.05) is 0 Å². The lowest BCUT2D eigenvalue weighted by Gasteiger charge is -1.90. The number of aryl methyl sites for hydroxylation is 1. The maximum absolute atomic E-state index is 10.4. The third kappa shape index (κ3) is 1.33. The highest BCUT2D eigenvalue weighted by Crippen LogP contribution is 2.09. The van der Waals surface area contributed by atoms with E-state index in [1.165, 1.54) is 12.1 Å². The van der Waals surface area contributed by atoms with Crippen LogP contribution in [0.3, 0.4) is 0 Å². The zero-order valence-corrected chi connectivity index (χ0v) is 5.61. The summed E-state index contributed by atoms with van der Waals surface area (Å²) in [7, 11) is 0. The molecule has 0 aliphatic heterocycles. The van der Waals surface area contributed by atoms with Crippen molar-refractivity contribution in [2.45, 2.75) is 6.92 Å². The van der Waals surface area contributed by atoms with Crippen LogP contribution in [-0.4, -0.2) is 0 Å². The molecule has 0 aromatic carbocycles. The third-order valence-electron chi connectivity index (χ3n) is 0.956. The lowest BCUT2D eigenvalue weighted by atomic mass is 10.4. The molecule has 1 heterocycles. The molecule has 0 radical (unpaired) electrons. The fourth-order valence-electron chi connectivity index (χ4n) is 0.492. The molecule has 0 fully saturated rings. The summed E-state index contributed by atoms with van der Waals surface area (Å²) in [5.41, 5.74) is -0.364. The minimum Gasteiger partial charge on any atom is -0.427 e. The maximum Gasteiger partial charge on any atom is 0.335 e. The molecular formula is C6H5ClO2. The number of hydrogen-bond acceptors (Lipinski definition) is 2.